The van der Waals surface area contributed by atoms with E-state index in [1.807, 2.05) is 46.0 Å². The monoisotopic (exact) mass is 863 g/mol. The largest absolute Gasteiger partial charge is 0.508 e. The lowest BCUT2D eigenvalue weighted by Crippen LogP contribution is -2.62. The zero-order chi connectivity index (χ0) is 45.3. The fourth-order valence-electron chi connectivity index (χ4n) is 9.81. The number of carbonyl (C=O) groups excluding carboxylic acids is 4. The van der Waals surface area contributed by atoms with Gasteiger partial charge in [-0.1, -0.05) is 39.8 Å². The molecule has 3 aliphatic rings. The molecule has 14 heteroatoms. The fraction of sp³-hybridized carbons (Fsp3) is 0.531. The molecule has 7 rings (SSSR count). The van der Waals surface area contributed by atoms with Crippen LogP contribution in [0.4, 0.5) is 0 Å². The van der Waals surface area contributed by atoms with Gasteiger partial charge >= 0.3 is 5.97 Å². The Morgan fingerprint density at radius 3 is 2.56 bits per heavy atom. The second-order valence-electron chi connectivity index (χ2n) is 18.9. The quantitative estimate of drug-likeness (QED) is 0.174. The maximum atomic E-state index is 14.7. The number of hydrogen-bond acceptors (Lipinski definition) is 10. The first-order valence-electron chi connectivity index (χ1n) is 22.5. The standard InChI is InChI=1S/C49H65N7O7/c1-10-55-41-16-15-32-25-37(41)38(44(55)36-13-11-18-50-42(36)30(4)62-9)26-49(5,6)28-63-48(61)39-14-12-19-56(52-39)47(60)40(23-31-21-34(32)24-35(57)22-31)51-45(58)43(29(2)3)54(8)46(59)33-17-20-53(7)27-33/h11,13,15-16,18,21-22,24-25,29-30,33,39-40,43,52,57H,10,12,14,17,19-20,23,26-28H2,1-9H3,(H,51,58)/t30-,33-,39-,40-,43-/m0/s1. The summed E-state index contributed by atoms with van der Waals surface area (Å²) in [6, 6.07) is 12.9. The van der Waals surface area contributed by atoms with Crippen molar-refractivity contribution >= 4 is 34.6 Å². The van der Waals surface area contributed by atoms with Crippen molar-refractivity contribution in [2.75, 3.05) is 47.4 Å². The first kappa shape index (κ1) is 45.7. The number of esters is 1. The summed E-state index contributed by atoms with van der Waals surface area (Å²) in [6.07, 6.45) is 3.83. The molecule has 4 aromatic rings. The summed E-state index contributed by atoms with van der Waals surface area (Å²) in [5.41, 5.74) is 9.74. The highest BCUT2D eigenvalue weighted by Gasteiger charge is 2.39. The van der Waals surface area contributed by atoms with Crippen molar-refractivity contribution in [3.8, 4) is 28.1 Å². The number of phenolic OH excluding ortho intramolecular Hbond substituents is 1. The summed E-state index contributed by atoms with van der Waals surface area (Å²) >= 11 is 0. The second-order valence-corrected chi connectivity index (χ2v) is 18.9. The van der Waals surface area contributed by atoms with Gasteiger partial charge in [-0.05, 0) is 118 Å². The minimum atomic E-state index is -1.10. The molecular formula is C49H65N7O7. The van der Waals surface area contributed by atoms with E-state index < -0.39 is 41.3 Å². The van der Waals surface area contributed by atoms with E-state index in [9.17, 15) is 24.3 Å². The van der Waals surface area contributed by atoms with E-state index in [0.29, 0.717) is 50.9 Å². The van der Waals surface area contributed by atoms with Crippen molar-refractivity contribution < 1.29 is 33.8 Å². The molecule has 0 radical (unpaired) electrons. The Balaban J connectivity index is 1.34. The maximum Gasteiger partial charge on any atom is 0.324 e. The molecule has 3 aliphatic heterocycles. The van der Waals surface area contributed by atoms with Crippen LogP contribution in [0.15, 0.2) is 54.7 Å². The number of hydrazine groups is 1. The van der Waals surface area contributed by atoms with Crippen molar-refractivity contribution in [1.29, 1.82) is 0 Å². The SMILES string of the molecule is CCn1c(-c2cccnc2[C@H](C)OC)c2c3cc(ccc31)-c1cc(O)cc(c1)C[C@H](NC(=O)[C@H](C(C)C)N(C)C(=O)[C@H]1CCN(C)C1)C(=O)N1CCC[C@H](N1)C(=O)OCC(C)(C)C2. The normalized spacial score (nSPS) is 21.8. The Hall–Kier alpha value is -5.31. The fourth-order valence-corrected chi connectivity index (χ4v) is 9.81. The minimum Gasteiger partial charge on any atom is -0.508 e. The number of aryl methyl sites for hydroxylation is 1. The molecule has 0 spiro atoms. The van der Waals surface area contributed by atoms with Gasteiger partial charge in [-0.2, -0.15) is 0 Å². The summed E-state index contributed by atoms with van der Waals surface area (Å²) in [7, 11) is 5.32. The number of pyridine rings is 1. The van der Waals surface area contributed by atoms with Crippen molar-refractivity contribution in [1.82, 2.24) is 35.1 Å². The molecule has 2 fully saturated rings. The number of cyclic esters (lactones) is 1. The molecule has 2 aromatic heterocycles. The number of aromatic hydroxyl groups is 1. The van der Waals surface area contributed by atoms with Crippen LogP contribution < -0.4 is 10.7 Å². The van der Waals surface area contributed by atoms with Gasteiger partial charge < -0.3 is 34.3 Å². The van der Waals surface area contributed by atoms with Gasteiger partial charge in [-0.25, -0.2) is 5.43 Å². The van der Waals surface area contributed by atoms with E-state index in [1.54, 1.807) is 32.5 Å². The number of carbonyl (C=O) groups is 4. The highest BCUT2D eigenvalue weighted by molar-refractivity contribution is 5.96. The number of phenols is 1. The molecule has 6 bridgehead atoms. The molecule has 2 aromatic carbocycles. The predicted octanol–water partition coefficient (Wildman–Crippen LogP) is 5.89. The third-order valence-electron chi connectivity index (χ3n) is 13.1. The first-order chi connectivity index (χ1) is 30.0. The lowest BCUT2D eigenvalue weighted by atomic mass is 9.84. The van der Waals surface area contributed by atoms with E-state index in [-0.39, 0.29) is 42.6 Å². The molecule has 0 unspecified atom stereocenters. The van der Waals surface area contributed by atoms with E-state index in [1.165, 1.54) is 9.91 Å². The van der Waals surface area contributed by atoms with Crippen LogP contribution in [-0.2, 0) is 48.0 Å². The molecule has 5 heterocycles. The van der Waals surface area contributed by atoms with Gasteiger partial charge in [-0.3, -0.25) is 29.2 Å². The van der Waals surface area contributed by atoms with E-state index in [0.717, 1.165) is 51.1 Å². The molecule has 338 valence electrons. The third-order valence-corrected chi connectivity index (χ3v) is 13.1. The van der Waals surface area contributed by atoms with Crippen LogP contribution in [-0.4, -0.2) is 119 Å². The Morgan fingerprint density at radius 2 is 1.86 bits per heavy atom. The number of benzene rings is 2. The molecule has 14 nitrogen and oxygen atoms in total. The maximum absolute atomic E-state index is 14.7. The number of nitrogens with zero attached hydrogens (tertiary/aromatic N) is 5. The third kappa shape index (κ3) is 9.63. The summed E-state index contributed by atoms with van der Waals surface area (Å²) in [5, 5.41) is 16.8. The van der Waals surface area contributed by atoms with E-state index in [4.69, 9.17) is 14.5 Å². The van der Waals surface area contributed by atoms with Gasteiger partial charge in [-0.15, -0.1) is 0 Å². The predicted molar refractivity (Wildman–Crippen MR) is 242 cm³/mol. The first-order valence-corrected chi connectivity index (χ1v) is 22.5. The van der Waals surface area contributed by atoms with Gasteiger partial charge in [0.05, 0.1) is 30.0 Å². The Labute approximate surface area is 371 Å². The summed E-state index contributed by atoms with van der Waals surface area (Å²) < 4.78 is 14.2. The second kappa shape index (κ2) is 18.8. The number of likely N-dealkylation sites (tertiary alicyclic amines) is 1. The zero-order valence-electron chi connectivity index (χ0n) is 38.4. The van der Waals surface area contributed by atoms with Crippen molar-refractivity contribution in [3.63, 3.8) is 0 Å². The van der Waals surface area contributed by atoms with Gasteiger partial charge in [0.25, 0.3) is 5.91 Å². The highest BCUT2D eigenvalue weighted by Crippen LogP contribution is 2.42. The molecule has 0 aliphatic carbocycles. The van der Waals surface area contributed by atoms with Crippen molar-refractivity contribution in [3.05, 3.63) is 71.5 Å². The highest BCUT2D eigenvalue weighted by atomic mass is 16.5. The molecular weight excluding hydrogens is 799 g/mol. The zero-order valence-corrected chi connectivity index (χ0v) is 38.4. The average Bonchev–Trinajstić information content (AvgIpc) is 3.83. The number of hydrogen-bond donors (Lipinski definition) is 3. The van der Waals surface area contributed by atoms with E-state index >= 15 is 0 Å². The van der Waals surface area contributed by atoms with Gasteiger partial charge in [0, 0.05) is 68.3 Å². The van der Waals surface area contributed by atoms with E-state index in [2.05, 4.69) is 59.2 Å². The topological polar surface area (TPSA) is 159 Å². The van der Waals surface area contributed by atoms with Crippen LogP contribution in [0, 0.1) is 17.3 Å². The van der Waals surface area contributed by atoms with Crippen LogP contribution in [0.3, 0.4) is 0 Å². The molecule has 0 saturated carbocycles. The minimum absolute atomic E-state index is 0.0158. The van der Waals surface area contributed by atoms with Crippen molar-refractivity contribution in [2.24, 2.45) is 17.3 Å². The number of ether oxygens (including phenoxy) is 2. The summed E-state index contributed by atoms with van der Waals surface area (Å²) in [6.45, 7) is 14.6. The molecule has 3 amide bonds. The van der Waals surface area contributed by atoms with Crippen molar-refractivity contribution in [2.45, 2.75) is 104 Å². The molecule has 5 atom stereocenters. The average molecular weight is 864 g/mol. The smallest absolute Gasteiger partial charge is 0.324 e. The van der Waals surface area contributed by atoms with Gasteiger partial charge in [0.1, 0.15) is 23.9 Å². The lowest BCUT2D eigenvalue weighted by Gasteiger charge is -2.37. The lowest BCUT2D eigenvalue weighted by molar-refractivity contribution is -0.155. The van der Waals surface area contributed by atoms with Crippen LogP contribution in [0.1, 0.15) is 83.7 Å². The molecule has 3 N–H and O–H groups in total. The summed E-state index contributed by atoms with van der Waals surface area (Å²) in [4.78, 5) is 65.1. The molecule has 2 saturated heterocycles. The Morgan fingerprint density at radius 1 is 1.08 bits per heavy atom. The van der Waals surface area contributed by atoms with Crippen LogP contribution in [0.2, 0.25) is 0 Å². The Bertz CT molecular complexity index is 2360. The van der Waals surface area contributed by atoms with Gasteiger partial charge in [0.15, 0.2) is 0 Å². The Kier molecular flexibility index (Phi) is 13.6. The number of rotatable bonds is 9. The number of nitrogens with one attached hydrogen (secondary N) is 2. The number of aromatic nitrogens is 2. The number of amides is 3. The summed E-state index contributed by atoms with van der Waals surface area (Å²) in [5.74, 6) is -1.90. The van der Waals surface area contributed by atoms with Crippen LogP contribution in [0.5, 0.6) is 5.75 Å². The van der Waals surface area contributed by atoms with Crippen LogP contribution in [0.25, 0.3) is 33.3 Å². The number of likely N-dealkylation sites (N-methyl/N-ethyl adjacent to an activating group) is 1. The molecule has 63 heavy (non-hydrogen) atoms. The van der Waals surface area contributed by atoms with Crippen LogP contribution >= 0.6 is 0 Å². The number of methoxy groups -OCH3 is 1. The number of fused-ring (bicyclic) bond motifs is 6. The van der Waals surface area contributed by atoms with Gasteiger partial charge in [0.2, 0.25) is 11.8 Å².